The van der Waals surface area contributed by atoms with Crippen molar-refractivity contribution in [1.82, 2.24) is 14.6 Å². The maximum atomic E-state index is 12.2. The molecule has 0 atom stereocenters. The fraction of sp³-hybridized carbons (Fsp3) is 0.636. The van der Waals surface area contributed by atoms with Crippen molar-refractivity contribution >= 4 is 32.6 Å². The number of nitrogens with zero attached hydrogens (tertiary/aromatic N) is 2. The van der Waals surface area contributed by atoms with Crippen LogP contribution >= 0.6 is 11.3 Å². The minimum atomic E-state index is -3.64. The lowest BCUT2D eigenvalue weighted by Crippen LogP contribution is -2.43. The topological polar surface area (TPSA) is 101 Å². The number of aryl methyl sites for hydroxylation is 1. The maximum absolute atomic E-state index is 12.2. The summed E-state index contributed by atoms with van der Waals surface area (Å²) in [6.45, 7) is 2.04. The Morgan fingerprint density at radius 2 is 2.10 bits per heavy atom. The first-order valence-corrected chi connectivity index (χ1v) is 8.95. The minimum Gasteiger partial charge on any atom is -0.379 e. The predicted molar refractivity (Wildman–Crippen MR) is 77.7 cm³/mol. The molecule has 1 fully saturated rings. The zero-order valence-electron chi connectivity index (χ0n) is 11.3. The SMILES string of the molecule is O=C1NCCCc2nc(NS(=O)(=O)N3CCOCC3)sc21. The van der Waals surface area contributed by atoms with Crippen molar-refractivity contribution in [3.05, 3.63) is 10.6 Å². The quantitative estimate of drug-likeness (QED) is 0.799. The third-order valence-corrected chi connectivity index (χ3v) is 5.94. The van der Waals surface area contributed by atoms with Gasteiger partial charge < -0.3 is 10.1 Å². The monoisotopic (exact) mass is 332 g/mol. The molecule has 1 amide bonds. The van der Waals surface area contributed by atoms with E-state index in [1.54, 1.807) is 0 Å². The Balaban J connectivity index is 1.79. The number of amides is 1. The van der Waals surface area contributed by atoms with E-state index in [1.807, 2.05) is 0 Å². The maximum Gasteiger partial charge on any atom is 0.303 e. The van der Waals surface area contributed by atoms with Gasteiger partial charge in [-0.3, -0.25) is 4.79 Å². The van der Waals surface area contributed by atoms with Crippen LogP contribution in [0.25, 0.3) is 0 Å². The summed E-state index contributed by atoms with van der Waals surface area (Å²) >= 11 is 1.08. The molecule has 2 N–H and O–H groups in total. The summed E-state index contributed by atoms with van der Waals surface area (Å²) in [5, 5.41) is 3.01. The molecule has 0 saturated carbocycles. The number of rotatable bonds is 3. The van der Waals surface area contributed by atoms with Crippen molar-refractivity contribution in [1.29, 1.82) is 0 Å². The van der Waals surface area contributed by atoms with E-state index in [0.29, 0.717) is 49.8 Å². The Bertz CT molecular complexity index is 637. The highest BCUT2D eigenvalue weighted by atomic mass is 32.2. The molecule has 0 aliphatic carbocycles. The van der Waals surface area contributed by atoms with Gasteiger partial charge in [0.1, 0.15) is 4.88 Å². The first-order chi connectivity index (χ1) is 10.1. The summed E-state index contributed by atoms with van der Waals surface area (Å²) in [7, 11) is -3.64. The summed E-state index contributed by atoms with van der Waals surface area (Å²) in [5.41, 5.74) is 0.662. The second kappa shape index (κ2) is 5.87. The molecule has 0 aromatic carbocycles. The number of nitrogens with one attached hydrogen (secondary N) is 2. The molecular formula is C11H16N4O4S2. The average Bonchev–Trinajstić information content (AvgIpc) is 2.78. The first kappa shape index (κ1) is 14.7. The molecule has 8 nitrogen and oxygen atoms in total. The van der Waals surface area contributed by atoms with Crippen molar-refractivity contribution in [3.8, 4) is 0 Å². The lowest BCUT2D eigenvalue weighted by molar-refractivity contribution is 0.0733. The van der Waals surface area contributed by atoms with Gasteiger partial charge in [-0.1, -0.05) is 11.3 Å². The number of thiazole rings is 1. The van der Waals surface area contributed by atoms with Gasteiger partial charge in [-0.25, -0.2) is 9.71 Å². The van der Waals surface area contributed by atoms with Crippen molar-refractivity contribution < 1.29 is 17.9 Å². The number of hydrogen-bond acceptors (Lipinski definition) is 6. The van der Waals surface area contributed by atoms with Gasteiger partial charge in [0.15, 0.2) is 5.13 Å². The van der Waals surface area contributed by atoms with Gasteiger partial charge in [0.25, 0.3) is 5.91 Å². The molecule has 0 unspecified atom stereocenters. The molecule has 21 heavy (non-hydrogen) atoms. The fourth-order valence-corrected chi connectivity index (χ4v) is 4.53. The van der Waals surface area contributed by atoms with Crippen LogP contribution in [0.1, 0.15) is 21.8 Å². The Morgan fingerprint density at radius 1 is 1.33 bits per heavy atom. The van der Waals surface area contributed by atoms with Crippen LogP contribution in [0.5, 0.6) is 0 Å². The third kappa shape index (κ3) is 3.18. The molecule has 1 aromatic heterocycles. The van der Waals surface area contributed by atoms with Gasteiger partial charge in [-0.15, -0.1) is 0 Å². The van der Waals surface area contributed by atoms with Crippen LogP contribution in [0, 0.1) is 0 Å². The van der Waals surface area contributed by atoms with E-state index in [-0.39, 0.29) is 11.0 Å². The molecule has 2 aliphatic rings. The van der Waals surface area contributed by atoms with Crippen LogP contribution in [-0.4, -0.2) is 56.5 Å². The van der Waals surface area contributed by atoms with E-state index in [2.05, 4.69) is 15.0 Å². The minimum absolute atomic E-state index is 0.183. The van der Waals surface area contributed by atoms with Gasteiger partial charge in [0.2, 0.25) is 0 Å². The van der Waals surface area contributed by atoms with Crippen LogP contribution < -0.4 is 10.0 Å². The molecule has 3 heterocycles. The summed E-state index contributed by atoms with van der Waals surface area (Å²) in [6.07, 6.45) is 1.47. The van der Waals surface area contributed by atoms with Gasteiger partial charge >= 0.3 is 10.2 Å². The largest absolute Gasteiger partial charge is 0.379 e. The van der Waals surface area contributed by atoms with Crippen LogP contribution in [0.15, 0.2) is 0 Å². The second-order valence-electron chi connectivity index (χ2n) is 4.77. The highest BCUT2D eigenvalue weighted by Crippen LogP contribution is 2.26. The molecule has 1 saturated heterocycles. The molecule has 0 radical (unpaired) electrons. The predicted octanol–water partition coefficient (Wildman–Crippen LogP) is -0.192. The Kier molecular flexibility index (Phi) is 4.11. The molecule has 0 spiro atoms. The highest BCUT2D eigenvalue weighted by molar-refractivity contribution is 7.90. The van der Waals surface area contributed by atoms with Crippen LogP contribution in [-0.2, 0) is 21.4 Å². The summed E-state index contributed by atoms with van der Waals surface area (Å²) in [4.78, 5) is 16.6. The first-order valence-electron chi connectivity index (χ1n) is 6.70. The molecule has 116 valence electrons. The lowest BCUT2D eigenvalue weighted by Gasteiger charge is -2.25. The number of morpholine rings is 1. The van der Waals surface area contributed by atoms with Crippen LogP contribution in [0.3, 0.4) is 0 Å². The standard InChI is InChI=1S/C11H16N4O4S2/c16-10-9-8(2-1-3-12-10)13-11(20-9)14-21(17,18)15-4-6-19-7-5-15/h1-7H2,(H,12,16)(H,13,14). The Morgan fingerprint density at radius 3 is 2.86 bits per heavy atom. The van der Waals surface area contributed by atoms with Crippen molar-refractivity contribution in [3.63, 3.8) is 0 Å². The van der Waals surface area contributed by atoms with Gasteiger partial charge in [-0.2, -0.15) is 12.7 Å². The van der Waals surface area contributed by atoms with E-state index in [4.69, 9.17) is 4.74 Å². The van der Waals surface area contributed by atoms with E-state index in [1.165, 1.54) is 4.31 Å². The number of aromatic nitrogens is 1. The molecule has 0 bridgehead atoms. The summed E-state index contributed by atoms with van der Waals surface area (Å²) < 4.78 is 33.4. The zero-order chi connectivity index (χ0) is 14.9. The van der Waals surface area contributed by atoms with Gasteiger partial charge in [0.05, 0.1) is 18.9 Å². The van der Waals surface area contributed by atoms with Crippen LogP contribution in [0.4, 0.5) is 5.13 Å². The lowest BCUT2D eigenvalue weighted by atomic mass is 10.2. The van der Waals surface area contributed by atoms with Crippen molar-refractivity contribution in [2.45, 2.75) is 12.8 Å². The fourth-order valence-electron chi connectivity index (χ4n) is 2.24. The molecule has 1 aromatic rings. The van der Waals surface area contributed by atoms with E-state index in [9.17, 15) is 13.2 Å². The smallest absolute Gasteiger partial charge is 0.303 e. The molecular weight excluding hydrogens is 316 g/mol. The second-order valence-corrected chi connectivity index (χ2v) is 7.44. The molecule has 10 heteroatoms. The van der Waals surface area contributed by atoms with E-state index in [0.717, 1.165) is 17.8 Å². The number of fused-ring (bicyclic) bond motifs is 1. The van der Waals surface area contributed by atoms with Crippen molar-refractivity contribution in [2.24, 2.45) is 0 Å². The molecule has 2 aliphatic heterocycles. The van der Waals surface area contributed by atoms with E-state index < -0.39 is 10.2 Å². The van der Waals surface area contributed by atoms with Gasteiger partial charge in [0, 0.05) is 19.6 Å². The summed E-state index contributed by atoms with van der Waals surface area (Å²) in [6, 6.07) is 0. The average molecular weight is 332 g/mol. The number of hydrogen-bond donors (Lipinski definition) is 2. The number of ether oxygens (including phenoxy) is 1. The number of anilines is 1. The highest BCUT2D eigenvalue weighted by Gasteiger charge is 2.27. The zero-order valence-corrected chi connectivity index (χ0v) is 12.9. The Labute approximate surface area is 126 Å². The third-order valence-electron chi connectivity index (χ3n) is 3.31. The normalized spacial score (nSPS) is 20.5. The van der Waals surface area contributed by atoms with E-state index >= 15 is 0 Å². The Hall–Kier alpha value is -1.23. The van der Waals surface area contributed by atoms with Crippen LogP contribution in [0.2, 0.25) is 0 Å². The number of carbonyl (C=O) groups excluding carboxylic acids is 1. The van der Waals surface area contributed by atoms with Crippen molar-refractivity contribution in [2.75, 3.05) is 37.6 Å². The number of carbonyl (C=O) groups is 1. The molecule has 3 rings (SSSR count). The van der Waals surface area contributed by atoms with Gasteiger partial charge in [-0.05, 0) is 12.8 Å². The summed E-state index contributed by atoms with van der Waals surface area (Å²) in [5.74, 6) is -0.183.